The molecule has 1 aromatic heterocycles. The second kappa shape index (κ2) is 7.82. The van der Waals surface area contributed by atoms with Gasteiger partial charge in [-0.05, 0) is 23.3 Å². The molecule has 0 fully saturated rings. The third-order valence-electron chi connectivity index (χ3n) is 3.21. The molecule has 5 heteroatoms. The smallest absolute Gasteiger partial charge is 0.416 e. The highest BCUT2D eigenvalue weighted by Crippen LogP contribution is 2.31. The number of hydrogen-bond donors (Lipinski definition) is 0. The van der Waals surface area contributed by atoms with Gasteiger partial charge >= 0.3 is 6.18 Å². The molecular weight excluding hydrogens is 291 g/mol. The molecule has 1 atom stereocenters. The van der Waals surface area contributed by atoms with Gasteiger partial charge in [0.15, 0.2) is 0 Å². The topological polar surface area (TPSA) is 22.1 Å². The molecule has 0 radical (unpaired) electrons. The van der Waals surface area contributed by atoms with E-state index in [4.69, 9.17) is 4.74 Å². The van der Waals surface area contributed by atoms with Crippen LogP contribution in [0, 0.1) is 0 Å². The minimum Gasteiger partial charge on any atom is -0.481 e. The number of ether oxygens (including phenoxy) is 1. The molecule has 0 spiro atoms. The second-order valence-electron chi connectivity index (χ2n) is 4.48. The van der Waals surface area contributed by atoms with Crippen molar-refractivity contribution in [2.75, 3.05) is 7.11 Å². The van der Waals surface area contributed by atoms with Crippen LogP contribution in [-0.4, -0.2) is 12.1 Å². The summed E-state index contributed by atoms with van der Waals surface area (Å²) in [5.41, 5.74) is 1.09. The Morgan fingerprint density at radius 3 is 1.91 bits per heavy atom. The zero-order chi connectivity index (χ0) is 16.8. The molecule has 0 aliphatic carbocycles. The number of hydrogen-bond acceptors (Lipinski definition) is 2. The van der Waals surface area contributed by atoms with Crippen molar-refractivity contribution in [2.24, 2.45) is 0 Å². The van der Waals surface area contributed by atoms with Crippen LogP contribution in [0.4, 0.5) is 13.2 Å². The van der Waals surface area contributed by atoms with Gasteiger partial charge in [-0.25, -0.2) is 4.98 Å². The number of rotatable bonds is 3. The number of alkyl halides is 3. The minimum absolute atomic E-state index is 0.0318. The van der Waals surface area contributed by atoms with Crippen molar-refractivity contribution in [3.63, 3.8) is 0 Å². The van der Waals surface area contributed by atoms with Gasteiger partial charge in [0.25, 0.3) is 0 Å². The maximum absolute atomic E-state index is 12.5. The fraction of sp³-hybridized carbons (Fsp3) is 0.353. The van der Waals surface area contributed by atoms with Crippen LogP contribution in [0.2, 0.25) is 0 Å². The summed E-state index contributed by atoms with van der Waals surface area (Å²) in [6.45, 7) is 5.92. The molecule has 1 aromatic carbocycles. The fourth-order valence-electron chi connectivity index (χ4n) is 1.92. The van der Waals surface area contributed by atoms with Gasteiger partial charge in [0.2, 0.25) is 5.88 Å². The van der Waals surface area contributed by atoms with Gasteiger partial charge in [0.1, 0.15) is 0 Å². The van der Waals surface area contributed by atoms with Crippen molar-refractivity contribution in [2.45, 2.75) is 32.9 Å². The third-order valence-corrected chi connectivity index (χ3v) is 3.21. The van der Waals surface area contributed by atoms with Crippen LogP contribution in [0.1, 0.15) is 43.4 Å². The normalized spacial score (nSPS) is 12.1. The number of benzene rings is 1. The lowest BCUT2D eigenvalue weighted by molar-refractivity contribution is -0.137. The summed E-state index contributed by atoms with van der Waals surface area (Å²) in [6, 6.07) is 8.78. The first-order valence-electron chi connectivity index (χ1n) is 7.09. The quantitative estimate of drug-likeness (QED) is 0.768. The Hall–Kier alpha value is -2.04. The largest absolute Gasteiger partial charge is 0.481 e. The average Bonchev–Trinajstić information content (AvgIpc) is 2.55. The lowest BCUT2D eigenvalue weighted by Crippen LogP contribution is -2.05. The Bertz CT molecular complexity index is 562. The first-order chi connectivity index (χ1) is 10.4. The molecule has 0 N–H and O–H groups in total. The summed E-state index contributed by atoms with van der Waals surface area (Å²) >= 11 is 0. The van der Waals surface area contributed by atoms with Crippen LogP contribution in [-0.2, 0) is 6.18 Å². The van der Waals surface area contributed by atoms with Gasteiger partial charge in [0.05, 0.1) is 12.7 Å². The van der Waals surface area contributed by atoms with Gasteiger partial charge in [-0.2, -0.15) is 13.2 Å². The van der Waals surface area contributed by atoms with Crippen LogP contribution in [0.5, 0.6) is 5.88 Å². The molecule has 1 heterocycles. The molecule has 2 rings (SSSR count). The number of halogens is 3. The van der Waals surface area contributed by atoms with Crippen molar-refractivity contribution in [3.8, 4) is 5.88 Å². The predicted octanol–water partition coefficient (Wildman–Crippen LogP) is 5.29. The molecule has 120 valence electrons. The van der Waals surface area contributed by atoms with Crippen LogP contribution >= 0.6 is 0 Å². The summed E-state index contributed by atoms with van der Waals surface area (Å²) < 4.78 is 42.5. The first-order valence-corrected chi connectivity index (χ1v) is 7.09. The van der Waals surface area contributed by atoms with Crippen LogP contribution in [0.25, 0.3) is 0 Å². The van der Waals surface area contributed by atoms with Gasteiger partial charge in [-0.3, -0.25) is 0 Å². The highest BCUT2D eigenvalue weighted by molar-refractivity contribution is 5.34. The van der Waals surface area contributed by atoms with E-state index in [0.717, 1.165) is 23.3 Å². The van der Waals surface area contributed by atoms with E-state index in [1.807, 2.05) is 26.8 Å². The Kier molecular flexibility index (Phi) is 6.40. The summed E-state index contributed by atoms with van der Waals surface area (Å²) in [5.74, 6) is 0.476. The molecule has 0 bridgehead atoms. The molecule has 0 aliphatic rings. The number of nitrogens with zero attached hydrogens (tertiary/aromatic N) is 1. The maximum Gasteiger partial charge on any atom is 0.416 e. The van der Waals surface area contributed by atoms with Gasteiger partial charge in [0, 0.05) is 18.2 Å². The van der Waals surface area contributed by atoms with Crippen molar-refractivity contribution in [1.82, 2.24) is 4.98 Å². The molecule has 22 heavy (non-hydrogen) atoms. The van der Waals surface area contributed by atoms with Crippen molar-refractivity contribution in [3.05, 3.63) is 59.3 Å². The van der Waals surface area contributed by atoms with Crippen LogP contribution in [0.15, 0.2) is 42.6 Å². The van der Waals surface area contributed by atoms with E-state index >= 15 is 0 Å². The molecule has 0 amide bonds. The number of methoxy groups -OCH3 is 1. The van der Waals surface area contributed by atoms with E-state index in [-0.39, 0.29) is 5.92 Å². The van der Waals surface area contributed by atoms with Crippen molar-refractivity contribution in [1.29, 1.82) is 0 Å². The first kappa shape index (κ1) is 18.0. The van der Waals surface area contributed by atoms with E-state index in [2.05, 4.69) is 4.98 Å². The third kappa shape index (κ3) is 4.48. The van der Waals surface area contributed by atoms with E-state index in [0.29, 0.717) is 5.88 Å². The zero-order valence-corrected chi connectivity index (χ0v) is 13.1. The lowest BCUT2D eigenvalue weighted by atomic mass is 9.94. The SMILES string of the molecule is CC.COc1ccc(C(C)c2ccc(C(F)(F)F)cc2)cn1. The van der Waals surface area contributed by atoms with E-state index in [1.165, 1.54) is 19.2 Å². The highest BCUT2D eigenvalue weighted by Gasteiger charge is 2.30. The van der Waals surface area contributed by atoms with Gasteiger partial charge in [-0.1, -0.05) is 39.0 Å². The summed E-state index contributed by atoms with van der Waals surface area (Å²) in [7, 11) is 1.53. The van der Waals surface area contributed by atoms with Crippen molar-refractivity contribution < 1.29 is 17.9 Å². The molecule has 0 aliphatic heterocycles. The Labute approximate surface area is 129 Å². The Morgan fingerprint density at radius 1 is 0.955 bits per heavy atom. The Balaban J connectivity index is 0.00000116. The fourth-order valence-corrected chi connectivity index (χ4v) is 1.92. The molecule has 2 nitrogen and oxygen atoms in total. The van der Waals surface area contributed by atoms with E-state index < -0.39 is 11.7 Å². The van der Waals surface area contributed by atoms with E-state index in [9.17, 15) is 13.2 Å². The molecular formula is C17H20F3NO. The summed E-state index contributed by atoms with van der Waals surface area (Å²) in [4.78, 5) is 4.10. The van der Waals surface area contributed by atoms with Gasteiger partial charge in [-0.15, -0.1) is 0 Å². The number of aromatic nitrogens is 1. The standard InChI is InChI=1S/C15H14F3NO.C2H6/c1-10(12-5-8-14(20-2)19-9-12)11-3-6-13(7-4-11)15(16,17)18;1-2/h3-10H,1-2H3;1-2H3. The zero-order valence-electron chi connectivity index (χ0n) is 13.1. The van der Waals surface area contributed by atoms with Gasteiger partial charge < -0.3 is 4.74 Å². The lowest BCUT2D eigenvalue weighted by Gasteiger charge is -2.14. The molecule has 0 saturated heterocycles. The summed E-state index contributed by atoms with van der Waals surface area (Å²) in [5, 5.41) is 0. The Morgan fingerprint density at radius 2 is 1.50 bits per heavy atom. The average molecular weight is 311 g/mol. The molecule has 1 unspecified atom stereocenters. The number of pyridine rings is 1. The molecule has 0 saturated carbocycles. The summed E-state index contributed by atoms with van der Waals surface area (Å²) in [6.07, 6.45) is -2.63. The molecule has 2 aromatic rings. The van der Waals surface area contributed by atoms with E-state index in [1.54, 1.807) is 12.3 Å². The van der Waals surface area contributed by atoms with Crippen molar-refractivity contribution >= 4 is 0 Å². The predicted molar refractivity (Wildman–Crippen MR) is 81.1 cm³/mol. The maximum atomic E-state index is 12.5. The van der Waals surface area contributed by atoms with Crippen LogP contribution < -0.4 is 4.74 Å². The minimum atomic E-state index is -4.30. The second-order valence-corrected chi connectivity index (χ2v) is 4.48. The van der Waals surface area contributed by atoms with Crippen LogP contribution in [0.3, 0.4) is 0 Å². The monoisotopic (exact) mass is 311 g/mol. The highest BCUT2D eigenvalue weighted by atomic mass is 19.4.